The molecule has 0 amide bonds. The first-order chi connectivity index (χ1) is 31.1. The van der Waals surface area contributed by atoms with E-state index in [0.717, 1.165) is 12.0 Å². The van der Waals surface area contributed by atoms with E-state index in [1.54, 1.807) is 0 Å². The molecule has 378 valence electrons. The number of aliphatic hydroxyl groups excluding tert-OH is 13. The quantitative estimate of drug-likeness (QED) is 0.0532. The van der Waals surface area contributed by atoms with Crippen LogP contribution in [0.4, 0.5) is 0 Å². The standard InChI is InChI=1S/C44H70O22/c1-17-12-43-10-6-22-41(3,8-5-9-42(22,4)40(58)65-38-33(57)30(54)26(50)20(14-46)61-38)23(43)7-11-44(17,16-43)66-39-35(64-36-31(55)28(52)24(48)18(2)59-36)34(27(51)21(15-47)62-39)63-37-32(56)29(53)25(49)19(13-45)60-37/h18-39,45-57H,1,5-16H2,2-4H3/t18?,19?,20?,21?,22?,23-,24-,25+,26+,27+,28-,29-,30-,31?,32?,33?,34-,35?,36-,37-,38-,39-,41+,42+,43+,44?/m0/s1. The first kappa shape index (κ1) is 50.8. The third-order valence-electron chi connectivity index (χ3n) is 17.0. The maximum absolute atomic E-state index is 14.3. The largest absolute Gasteiger partial charge is 0.432 e. The molecule has 4 saturated carbocycles. The van der Waals surface area contributed by atoms with E-state index in [0.29, 0.717) is 51.4 Å². The number of carbonyl (C=O) groups is 1. The van der Waals surface area contributed by atoms with Gasteiger partial charge in [-0.1, -0.05) is 19.9 Å². The molecule has 0 radical (unpaired) electrons. The number of carbonyl (C=O) groups excluding carboxylic acids is 1. The second-order valence-electron chi connectivity index (χ2n) is 20.8. The average molecular weight is 951 g/mol. The normalized spacial score (nSPS) is 55.2. The molecule has 4 heterocycles. The number of ether oxygens (including phenoxy) is 8. The fourth-order valence-electron chi connectivity index (χ4n) is 13.4. The monoisotopic (exact) mass is 950 g/mol. The van der Waals surface area contributed by atoms with Gasteiger partial charge in [0.1, 0.15) is 91.6 Å². The van der Waals surface area contributed by atoms with E-state index < -0.39 is 165 Å². The third-order valence-corrected chi connectivity index (χ3v) is 17.0. The van der Waals surface area contributed by atoms with Crippen molar-refractivity contribution in [1.29, 1.82) is 0 Å². The van der Waals surface area contributed by atoms with Crippen molar-refractivity contribution >= 4 is 5.97 Å². The molecule has 0 aromatic rings. The van der Waals surface area contributed by atoms with Gasteiger partial charge < -0.3 is 104 Å². The van der Waals surface area contributed by atoms with Crippen LogP contribution in [0.1, 0.15) is 78.6 Å². The van der Waals surface area contributed by atoms with Gasteiger partial charge in [0.2, 0.25) is 6.29 Å². The fraction of sp³-hybridized carbons (Fsp3) is 0.932. The smallest absolute Gasteiger partial charge is 0.314 e. The Balaban J connectivity index is 1.06. The number of rotatable bonds is 11. The molecule has 26 atom stereocenters. The van der Waals surface area contributed by atoms with Gasteiger partial charge in [-0.05, 0) is 93.5 Å². The Labute approximate surface area is 381 Å². The number of aliphatic hydroxyl groups is 13. The van der Waals surface area contributed by atoms with Crippen LogP contribution in [0.2, 0.25) is 0 Å². The predicted octanol–water partition coefficient (Wildman–Crippen LogP) is -4.09. The maximum atomic E-state index is 14.3. The van der Waals surface area contributed by atoms with Crippen LogP contribution in [0.3, 0.4) is 0 Å². The van der Waals surface area contributed by atoms with Gasteiger partial charge in [0.15, 0.2) is 18.9 Å². The van der Waals surface area contributed by atoms with E-state index in [4.69, 9.17) is 37.9 Å². The Morgan fingerprint density at radius 1 is 0.606 bits per heavy atom. The Morgan fingerprint density at radius 2 is 1.12 bits per heavy atom. The van der Waals surface area contributed by atoms with Crippen LogP contribution in [0.5, 0.6) is 0 Å². The first-order valence-electron chi connectivity index (χ1n) is 23.2. The van der Waals surface area contributed by atoms with Crippen LogP contribution in [0, 0.1) is 28.1 Å². The van der Waals surface area contributed by atoms with Crippen LogP contribution in [-0.2, 0) is 42.7 Å². The van der Waals surface area contributed by atoms with Crippen molar-refractivity contribution in [2.75, 3.05) is 19.8 Å². The van der Waals surface area contributed by atoms with Crippen LogP contribution in [0.15, 0.2) is 12.2 Å². The zero-order chi connectivity index (χ0) is 48.0. The SMILES string of the molecule is C=C1C[C@@]23CCC4[C@](C)(C(=O)O[C@@H]5OC(CO)[C@@H](O)[C@H](O)C5O)CCC[C@@]4(C)[C@@H]2CCC1(O[C@@H]1OC(CO)[C@@H](O)[C@H](O[C@@H]2OC(CO)[C@@H](O)[C@H](O)C2O)C1O[C@@H]1OC(C)[C@H](O)[C@H](O)C1O)C3. The van der Waals surface area contributed by atoms with Crippen molar-refractivity contribution in [3.05, 3.63) is 12.2 Å². The summed E-state index contributed by atoms with van der Waals surface area (Å²) in [5, 5.41) is 137. The lowest BCUT2D eigenvalue weighted by Crippen LogP contribution is -2.67. The molecule has 0 aromatic heterocycles. The van der Waals surface area contributed by atoms with Gasteiger partial charge in [-0.3, -0.25) is 4.79 Å². The van der Waals surface area contributed by atoms with E-state index >= 15 is 0 Å². The summed E-state index contributed by atoms with van der Waals surface area (Å²) < 4.78 is 48.4. The molecule has 0 aromatic carbocycles. The van der Waals surface area contributed by atoms with Crippen molar-refractivity contribution in [3.8, 4) is 0 Å². The molecule has 13 N–H and O–H groups in total. The summed E-state index contributed by atoms with van der Waals surface area (Å²) >= 11 is 0. The van der Waals surface area contributed by atoms with E-state index in [1.807, 2.05) is 6.92 Å². The van der Waals surface area contributed by atoms with Gasteiger partial charge in [0.25, 0.3) is 0 Å². The van der Waals surface area contributed by atoms with E-state index in [9.17, 15) is 71.2 Å². The summed E-state index contributed by atoms with van der Waals surface area (Å²) in [7, 11) is 0. The number of hydrogen-bond acceptors (Lipinski definition) is 22. The lowest BCUT2D eigenvalue weighted by Gasteiger charge is -2.64. The van der Waals surface area contributed by atoms with E-state index in [1.165, 1.54) is 6.92 Å². The molecule has 8 aliphatic rings. The molecule has 22 heteroatoms. The van der Waals surface area contributed by atoms with Crippen LogP contribution in [-0.4, -0.2) is 221 Å². The Morgan fingerprint density at radius 3 is 1.74 bits per heavy atom. The van der Waals surface area contributed by atoms with Crippen LogP contribution >= 0.6 is 0 Å². The molecule has 8 rings (SSSR count). The van der Waals surface area contributed by atoms with Crippen molar-refractivity contribution in [2.45, 2.75) is 207 Å². The van der Waals surface area contributed by atoms with E-state index in [2.05, 4.69) is 13.5 Å². The first-order valence-corrected chi connectivity index (χ1v) is 23.2. The molecule has 10 unspecified atom stereocenters. The Hall–Kier alpha value is -1.59. The Bertz CT molecular complexity index is 1740. The highest BCUT2D eigenvalue weighted by atomic mass is 16.8. The highest BCUT2D eigenvalue weighted by Crippen LogP contribution is 2.73. The van der Waals surface area contributed by atoms with Crippen molar-refractivity contribution in [3.63, 3.8) is 0 Å². The molecule has 66 heavy (non-hydrogen) atoms. The number of fused-ring (bicyclic) bond motifs is 3. The molecule has 4 aliphatic carbocycles. The van der Waals surface area contributed by atoms with Crippen molar-refractivity contribution in [1.82, 2.24) is 0 Å². The van der Waals surface area contributed by atoms with Crippen LogP contribution in [0.25, 0.3) is 0 Å². The highest BCUT2D eigenvalue weighted by Gasteiger charge is 2.70. The summed E-state index contributed by atoms with van der Waals surface area (Å²) in [6.07, 6.45) is -27.4. The van der Waals surface area contributed by atoms with Gasteiger partial charge >= 0.3 is 5.97 Å². The molecule has 8 fully saturated rings. The second-order valence-corrected chi connectivity index (χ2v) is 20.8. The predicted molar refractivity (Wildman–Crippen MR) is 218 cm³/mol. The lowest BCUT2D eigenvalue weighted by atomic mass is 9.41. The summed E-state index contributed by atoms with van der Waals surface area (Å²) in [4.78, 5) is 14.3. The maximum Gasteiger partial charge on any atom is 0.314 e. The average Bonchev–Trinajstić information content (AvgIpc) is 3.48. The van der Waals surface area contributed by atoms with Gasteiger partial charge in [-0.15, -0.1) is 0 Å². The molecule has 1 spiro atoms. The minimum atomic E-state index is -1.92. The second kappa shape index (κ2) is 18.9. The van der Waals surface area contributed by atoms with Gasteiger partial charge in [0, 0.05) is 0 Å². The summed E-state index contributed by atoms with van der Waals surface area (Å²) in [6.45, 7) is 7.77. The molecular formula is C44H70O22. The van der Waals surface area contributed by atoms with Gasteiger partial charge in [-0.25, -0.2) is 0 Å². The molecule has 22 nitrogen and oxygen atoms in total. The molecule has 4 aliphatic heterocycles. The fourth-order valence-corrected chi connectivity index (χ4v) is 13.4. The summed E-state index contributed by atoms with van der Waals surface area (Å²) in [5.74, 6) is -0.750. The number of hydrogen-bond donors (Lipinski definition) is 13. The van der Waals surface area contributed by atoms with Gasteiger partial charge in [0.05, 0.1) is 36.9 Å². The highest BCUT2D eigenvalue weighted by molar-refractivity contribution is 5.77. The minimum Gasteiger partial charge on any atom is -0.432 e. The van der Waals surface area contributed by atoms with Crippen molar-refractivity contribution < 1.29 is 109 Å². The Kier molecular flexibility index (Phi) is 14.5. The van der Waals surface area contributed by atoms with Crippen molar-refractivity contribution in [2.24, 2.45) is 28.1 Å². The minimum absolute atomic E-state index is 0.0493. The zero-order valence-corrected chi connectivity index (χ0v) is 37.4. The lowest BCUT2D eigenvalue weighted by molar-refractivity contribution is -0.398. The summed E-state index contributed by atoms with van der Waals surface area (Å²) in [6, 6.07) is 0. The zero-order valence-electron chi connectivity index (χ0n) is 37.4. The molecule has 4 saturated heterocycles. The third kappa shape index (κ3) is 8.30. The molecule has 2 bridgehead atoms. The number of esters is 1. The molecular weight excluding hydrogens is 880 g/mol. The van der Waals surface area contributed by atoms with Crippen LogP contribution < -0.4 is 0 Å². The summed E-state index contributed by atoms with van der Waals surface area (Å²) in [5.41, 5.74) is -2.19. The van der Waals surface area contributed by atoms with Gasteiger partial charge in [-0.2, -0.15) is 0 Å². The topological polar surface area (TPSA) is 354 Å². The van der Waals surface area contributed by atoms with E-state index in [-0.39, 0.29) is 17.3 Å².